The van der Waals surface area contributed by atoms with Gasteiger partial charge in [0.1, 0.15) is 11.6 Å². The summed E-state index contributed by atoms with van der Waals surface area (Å²) in [7, 11) is 1.65. The van der Waals surface area contributed by atoms with Crippen LogP contribution in [0.25, 0.3) is 11.4 Å². The smallest absolute Gasteiger partial charge is 0.167 e. The van der Waals surface area contributed by atoms with Gasteiger partial charge in [0, 0.05) is 24.7 Å². The van der Waals surface area contributed by atoms with E-state index in [4.69, 9.17) is 10.5 Å². The van der Waals surface area contributed by atoms with Gasteiger partial charge in [-0.2, -0.15) is 0 Å². The molecule has 1 aliphatic rings. The van der Waals surface area contributed by atoms with E-state index >= 15 is 0 Å². The molecule has 2 heterocycles. The lowest BCUT2D eigenvalue weighted by Crippen LogP contribution is -2.18. The fourth-order valence-electron chi connectivity index (χ4n) is 2.58. The van der Waals surface area contributed by atoms with E-state index in [0.717, 1.165) is 42.3 Å². The number of nitrogens with zero attached hydrogens (tertiary/aromatic N) is 3. The molecular weight excluding hydrogens is 240 g/mol. The van der Waals surface area contributed by atoms with Crippen LogP contribution in [0.2, 0.25) is 0 Å². The second kappa shape index (κ2) is 4.57. The van der Waals surface area contributed by atoms with Crippen LogP contribution in [0.15, 0.2) is 18.2 Å². The van der Waals surface area contributed by atoms with Crippen molar-refractivity contribution in [2.75, 3.05) is 12.8 Å². The largest absolute Gasteiger partial charge is 0.496 e. The number of nitrogen functional groups attached to an aromatic ring is 1. The average molecular weight is 258 g/mol. The Morgan fingerprint density at radius 1 is 1.37 bits per heavy atom. The molecule has 0 amide bonds. The molecule has 0 aliphatic carbocycles. The molecule has 1 aromatic heterocycles. The highest BCUT2D eigenvalue weighted by Gasteiger charge is 2.22. The van der Waals surface area contributed by atoms with Crippen LogP contribution in [-0.4, -0.2) is 21.9 Å². The van der Waals surface area contributed by atoms with E-state index in [1.807, 2.05) is 18.2 Å². The first-order valence-corrected chi connectivity index (χ1v) is 6.55. The normalized spacial score (nSPS) is 18.1. The van der Waals surface area contributed by atoms with Crippen LogP contribution < -0.4 is 10.5 Å². The van der Waals surface area contributed by atoms with Crippen LogP contribution in [0, 0.1) is 5.92 Å². The predicted octanol–water partition coefficient (Wildman–Crippen LogP) is 2.12. The van der Waals surface area contributed by atoms with Gasteiger partial charge in [-0.1, -0.05) is 6.92 Å². The molecule has 0 saturated carbocycles. The molecule has 1 aliphatic heterocycles. The number of anilines is 1. The van der Waals surface area contributed by atoms with Crippen LogP contribution in [0.1, 0.15) is 19.2 Å². The number of ether oxygens (including phenoxy) is 1. The van der Waals surface area contributed by atoms with Gasteiger partial charge in [0.15, 0.2) is 5.82 Å². The maximum Gasteiger partial charge on any atom is 0.167 e. The van der Waals surface area contributed by atoms with Gasteiger partial charge in [-0.25, -0.2) is 0 Å². The molecule has 0 saturated heterocycles. The highest BCUT2D eigenvalue weighted by Crippen LogP contribution is 2.32. The van der Waals surface area contributed by atoms with Gasteiger partial charge < -0.3 is 15.0 Å². The van der Waals surface area contributed by atoms with Gasteiger partial charge in [-0.15, -0.1) is 10.2 Å². The first kappa shape index (κ1) is 12.0. The standard InChI is InChI=1S/C14H18N4O/c1-9-5-6-18-13(7-9)16-17-14(18)11-4-3-10(15)8-12(11)19-2/h3-4,8-9H,5-7,15H2,1-2H3. The van der Waals surface area contributed by atoms with E-state index < -0.39 is 0 Å². The fraction of sp³-hybridized carbons (Fsp3) is 0.429. The molecule has 0 radical (unpaired) electrons. The zero-order chi connectivity index (χ0) is 13.4. The molecule has 19 heavy (non-hydrogen) atoms. The van der Waals surface area contributed by atoms with Gasteiger partial charge in [0.05, 0.1) is 12.7 Å². The monoisotopic (exact) mass is 258 g/mol. The molecule has 5 nitrogen and oxygen atoms in total. The minimum atomic E-state index is 0.679. The van der Waals surface area contributed by atoms with Gasteiger partial charge in [0.25, 0.3) is 0 Å². The Labute approximate surface area is 112 Å². The van der Waals surface area contributed by atoms with Gasteiger partial charge in [-0.3, -0.25) is 0 Å². The van der Waals surface area contributed by atoms with Crippen molar-refractivity contribution in [2.45, 2.75) is 26.3 Å². The maximum absolute atomic E-state index is 5.79. The second-order valence-corrected chi connectivity index (χ2v) is 5.15. The molecule has 0 spiro atoms. The van der Waals surface area contributed by atoms with Crippen molar-refractivity contribution in [2.24, 2.45) is 5.92 Å². The number of methoxy groups -OCH3 is 1. The molecule has 2 aromatic rings. The summed E-state index contributed by atoms with van der Waals surface area (Å²) in [5.41, 5.74) is 7.43. The summed E-state index contributed by atoms with van der Waals surface area (Å²) in [4.78, 5) is 0. The van der Waals surface area contributed by atoms with Gasteiger partial charge in [0.2, 0.25) is 0 Å². The lowest BCUT2D eigenvalue weighted by molar-refractivity contribution is 0.407. The van der Waals surface area contributed by atoms with Crippen molar-refractivity contribution in [3.63, 3.8) is 0 Å². The SMILES string of the molecule is COc1cc(N)ccc1-c1nnc2n1CCC(C)C2. The summed E-state index contributed by atoms with van der Waals surface area (Å²) >= 11 is 0. The third-order valence-corrected chi connectivity index (χ3v) is 3.67. The summed E-state index contributed by atoms with van der Waals surface area (Å²) in [5, 5.41) is 8.64. The number of hydrogen-bond donors (Lipinski definition) is 1. The molecule has 0 bridgehead atoms. The van der Waals surface area contributed by atoms with Gasteiger partial charge >= 0.3 is 0 Å². The Balaban J connectivity index is 2.08. The van der Waals surface area contributed by atoms with E-state index in [-0.39, 0.29) is 0 Å². The molecule has 1 unspecified atom stereocenters. The summed E-state index contributed by atoms with van der Waals surface area (Å²) < 4.78 is 7.59. The second-order valence-electron chi connectivity index (χ2n) is 5.15. The summed E-state index contributed by atoms with van der Waals surface area (Å²) in [5.74, 6) is 3.36. The topological polar surface area (TPSA) is 66.0 Å². The molecule has 2 N–H and O–H groups in total. The zero-order valence-electron chi connectivity index (χ0n) is 11.3. The minimum Gasteiger partial charge on any atom is -0.496 e. The first-order chi connectivity index (χ1) is 9.19. The maximum atomic E-state index is 5.79. The third kappa shape index (κ3) is 2.05. The van der Waals surface area contributed by atoms with Crippen molar-refractivity contribution >= 4 is 5.69 Å². The van der Waals surface area contributed by atoms with E-state index in [2.05, 4.69) is 21.7 Å². The minimum absolute atomic E-state index is 0.679. The van der Waals surface area contributed by atoms with Crippen LogP contribution in [0.3, 0.4) is 0 Å². The van der Waals surface area contributed by atoms with Crippen LogP contribution in [0.5, 0.6) is 5.75 Å². The summed E-state index contributed by atoms with van der Waals surface area (Å²) in [6.07, 6.45) is 2.15. The molecule has 1 atom stereocenters. The van der Waals surface area contributed by atoms with Crippen molar-refractivity contribution in [3.05, 3.63) is 24.0 Å². The van der Waals surface area contributed by atoms with Crippen LogP contribution in [-0.2, 0) is 13.0 Å². The fourth-order valence-corrected chi connectivity index (χ4v) is 2.58. The molecule has 100 valence electrons. The molecule has 3 rings (SSSR count). The Hall–Kier alpha value is -2.04. The third-order valence-electron chi connectivity index (χ3n) is 3.67. The number of benzene rings is 1. The van der Waals surface area contributed by atoms with Crippen molar-refractivity contribution in [1.82, 2.24) is 14.8 Å². The van der Waals surface area contributed by atoms with E-state index in [1.54, 1.807) is 7.11 Å². The first-order valence-electron chi connectivity index (χ1n) is 6.55. The molecule has 0 fully saturated rings. The lowest BCUT2D eigenvalue weighted by atomic mass is 10.00. The van der Waals surface area contributed by atoms with Gasteiger partial charge in [-0.05, 0) is 24.5 Å². The number of fused-ring (bicyclic) bond motifs is 1. The molecule has 1 aromatic carbocycles. The average Bonchev–Trinajstić information content (AvgIpc) is 2.81. The van der Waals surface area contributed by atoms with Crippen molar-refractivity contribution < 1.29 is 4.74 Å². The van der Waals surface area contributed by atoms with Crippen LogP contribution >= 0.6 is 0 Å². The quantitative estimate of drug-likeness (QED) is 0.838. The number of nitrogens with two attached hydrogens (primary N) is 1. The molecule has 5 heteroatoms. The Kier molecular flexibility index (Phi) is 2.89. The highest BCUT2D eigenvalue weighted by atomic mass is 16.5. The summed E-state index contributed by atoms with van der Waals surface area (Å²) in [6.45, 7) is 3.22. The van der Waals surface area contributed by atoms with E-state index in [0.29, 0.717) is 11.6 Å². The Morgan fingerprint density at radius 3 is 3.00 bits per heavy atom. The summed E-state index contributed by atoms with van der Waals surface area (Å²) in [6, 6.07) is 5.64. The van der Waals surface area contributed by atoms with Crippen LogP contribution in [0.4, 0.5) is 5.69 Å². The molecular formula is C14H18N4O. The van der Waals surface area contributed by atoms with Crippen molar-refractivity contribution in [3.8, 4) is 17.1 Å². The number of rotatable bonds is 2. The highest BCUT2D eigenvalue weighted by molar-refractivity contribution is 5.68. The van der Waals surface area contributed by atoms with Crippen molar-refractivity contribution in [1.29, 1.82) is 0 Å². The zero-order valence-corrected chi connectivity index (χ0v) is 11.3. The number of aromatic nitrogens is 3. The predicted molar refractivity (Wildman–Crippen MR) is 73.9 cm³/mol. The Bertz CT molecular complexity index is 605. The number of hydrogen-bond acceptors (Lipinski definition) is 4. The lowest BCUT2D eigenvalue weighted by Gasteiger charge is -2.20. The van der Waals surface area contributed by atoms with E-state index in [9.17, 15) is 0 Å². The van der Waals surface area contributed by atoms with E-state index in [1.165, 1.54) is 0 Å². The Morgan fingerprint density at radius 2 is 2.21 bits per heavy atom.